The lowest BCUT2D eigenvalue weighted by Crippen LogP contribution is -2.07. The Hall–Kier alpha value is -0.570. The summed E-state index contributed by atoms with van der Waals surface area (Å²) in [7, 11) is 0. The monoisotopic (exact) mass is 230 g/mol. The Morgan fingerprint density at radius 2 is 1.81 bits per heavy atom. The van der Waals surface area contributed by atoms with Gasteiger partial charge in [-0.2, -0.15) is 0 Å². The van der Waals surface area contributed by atoms with Crippen molar-refractivity contribution in [3.63, 3.8) is 0 Å². The van der Waals surface area contributed by atoms with Gasteiger partial charge in [0.25, 0.3) is 0 Å². The summed E-state index contributed by atoms with van der Waals surface area (Å²) in [5.41, 5.74) is 0.391. The fourth-order valence-corrected chi connectivity index (χ4v) is 1.42. The van der Waals surface area contributed by atoms with Crippen molar-refractivity contribution >= 4 is 5.97 Å². The molecule has 0 unspecified atom stereocenters. The summed E-state index contributed by atoms with van der Waals surface area (Å²) in [6.45, 7) is 7.12. The van der Waals surface area contributed by atoms with Crippen molar-refractivity contribution in [2.75, 3.05) is 13.2 Å². The Labute approximate surface area is 99.2 Å². The van der Waals surface area contributed by atoms with E-state index in [2.05, 4.69) is 20.8 Å². The highest BCUT2D eigenvalue weighted by atomic mass is 16.5. The molecule has 3 nitrogen and oxygen atoms in total. The molecule has 0 aromatic heterocycles. The van der Waals surface area contributed by atoms with Crippen molar-refractivity contribution in [2.24, 2.45) is 5.41 Å². The lowest BCUT2D eigenvalue weighted by molar-refractivity contribution is -0.144. The van der Waals surface area contributed by atoms with Gasteiger partial charge in [0.15, 0.2) is 0 Å². The first-order valence-electron chi connectivity index (χ1n) is 6.22. The maximum Gasteiger partial charge on any atom is 0.305 e. The quantitative estimate of drug-likeness (QED) is 0.515. The number of ether oxygens (including phenoxy) is 1. The largest absolute Gasteiger partial charge is 0.466 e. The Kier molecular flexibility index (Phi) is 8.26. The van der Waals surface area contributed by atoms with Gasteiger partial charge in [0.05, 0.1) is 6.61 Å². The normalized spacial score (nSPS) is 11.5. The molecule has 0 bridgehead atoms. The predicted molar refractivity (Wildman–Crippen MR) is 65.2 cm³/mol. The average molecular weight is 230 g/mol. The van der Waals surface area contributed by atoms with E-state index in [0.29, 0.717) is 24.9 Å². The average Bonchev–Trinajstić information content (AvgIpc) is 2.16. The van der Waals surface area contributed by atoms with Gasteiger partial charge < -0.3 is 9.84 Å². The lowest BCUT2D eigenvalue weighted by atomic mass is 9.89. The number of rotatable bonds is 8. The Bertz CT molecular complexity index is 182. The smallest absolute Gasteiger partial charge is 0.305 e. The second kappa shape index (κ2) is 8.57. The highest BCUT2D eigenvalue weighted by molar-refractivity contribution is 5.69. The van der Waals surface area contributed by atoms with Crippen LogP contribution in [-0.4, -0.2) is 24.3 Å². The molecule has 0 aliphatic rings. The first-order chi connectivity index (χ1) is 7.45. The molecule has 0 spiro atoms. The Morgan fingerprint density at radius 1 is 1.12 bits per heavy atom. The molecule has 0 saturated heterocycles. The van der Waals surface area contributed by atoms with Crippen LogP contribution in [-0.2, 0) is 9.53 Å². The molecule has 0 fully saturated rings. The molecule has 0 aromatic rings. The zero-order valence-corrected chi connectivity index (χ0v) is 10.9. The Morgan fingerprint density at radius 3 is 2.38 bits per heavy atom. The van der Waals surface area contributed by atoms with Gasteiger partial charge in [-0.3, -0.25) is 4.79 Å². The molecule has 0 amide bonds. The molecule has 0 rings (SSSR count). The van der Waals surface area contributed by atoms with Gasteiger partial charge in [0, 0.05) is 19.4 Å². The summed E-state index contributed by atoms with van der Waals surface area (Å²) < 4.78 is 4.93. The van der Waals surface area contributed by atoms with Gasteiger partial charge in [-0.25, -0.2) is 0 Å². The molecule has 96 valence electrons. The van der Waals surface area contributed by atoms with Crippen LogP contribution in [0.5, 0.6) is 0 Å². The third-order valence-corrected chi connectivity index (χ3v) is 2.37. The highest BCUT2D eigenvalue weighted by Gasteiger charge is 2.09. The second-order valence-electron chi connectivity index (χ2n) is 5.42. The number of carbonyl (C=O) groups excluding carboxylic acids is 1. The zero-order valence-electron chi connectivity index (χ0n) is 10.9. The van der Waals surface area contributed by atoms with Crippen LogP contribution in [0.2, 0.25) is 0 Å². The van der Waals surface area contributed by atoms with Crippen molar-refractivity contribution in [1.82, 2.24) is 0 Å². The number of unbranched alkanes of at least 4 members (excludes halogenated alkanes) is 2. The van der Waals surface area contributed by atoms with Crippen LogP contribution in [0.1, 0.15) is 59.3 Å². The summed E-state index contributed by atoms with van der Waals surface area (Å²) >= 11 is 0. The fourth-order valence-electron chi connectivity index (χ4n) is 1.42. The SMILES string of the molecule is CC(C)(C)CCCCCC(=O)OCCCO. The van der Waals surface area contributed by atoms with Crippen molar-refractivity contribution in [3.8, 4) is 0 Å². The molecule has 0 heterocycles. The summed E-state index contributed by atoms with van der Waals surface area (Å²) in [4.78, 5) is 11.2. The van der Waals surface area contributed by atoms with E-state index in [1.807, 2.05) is 0 Å². The predicted octanol–water partition coefficient (Wildman–Crippen LogP) is 2.91. The number of hydrogen-bond donors (Lipinski definition) is 1. The molecule has 0 aliphatic heterocycles. The van der Waals surface area contributed by atoms with E-state index in [4.69, 9.17) is 9.84 Å². The minimum absolute atomic E-state index is 0.0822. The van der Waals surface area contributed by atoms with Crippen LogP contribution in [0.3, 0.4) is 0 Å². The van der Waals surface area contributed by atoms with Gasteiger partial charge in [-0.05, 0) is 18.3 Å². The van der Waals surface area contributed by atoms with Crippen LogP contribution in [0.15, 0.2) is 0 Å². The van der Waals surface area contributed by atoms with Crippen molar-refractivity contribution in [3.05, 3.63) is 0 Å². The van der Waals surface area contributed by atoms with E-state index in [0.717, 1.165) is 12.8 Å². The van der Waals surface area contributed by atoms with Crippen LogP contribution < -0.4 is 0 Å². The van der Waals surface area contributed by atoms with Crippen LogP contribution in [0.25, 0.3) is 0 Å². The van der Waals surface area contributed by atoms with E-state index in [9.17, 15) is 4.79 Å². The van der Waals surface area contributed by atoms with Crippen molar-refractivity contribution < 1.29 is 14.6 Å². The zero-order chi connectivity index (χ0) is 12.4. The molecule has 0 saturated carbocycles. The molecule has 16 heavy (non-hydrogen) atoms. The van der Waals surface area contributed by atoms with Gasteiger partial charge >= 0.3 is 5.97 Å². The van der Waals surface area contributed by atoms with Gasteiger partial charge in [-0.15, -0.1) is 0 Å². The molecule has 3 heteroatoms. The number of esters is 1. The van der Waals surface area contributed by atoms with Crippen molar-refractivity contribution in [2.45, 2.75) is 59.3 Å². The van der Waals surface area contributed by atoms with E-state index in [1.165, 1.54) is 12.8 Å². The fraction of sp³-hybridized carbons (Fsp3) is 0.923. The molecule has 0 atom stereocenters. The maximum atomic E-state index is 11.2. The van der Waals surface area contributed by atoms with Gasteiger partial charge in [0.2, 0.25) is 0 Å². The summed E-state index contributed by atoms with van der Waals surface area (Å²) in [5.74, 6) is -0.135. The first kappa shape index (κ1) is 15.4. The molecular formula is C13H26O3. The molecule has 0 radical (unpaired) electrons. The van der Waals surface area contributed by atoms with E-state index in [1.54, 1.807) is 0 Å². The third kappa shape index (κ3) is 11.5. The van der Waals surface area contributed by atoms with Crippen molar-refractivity contribution in [1.29, 1.82) is 0 Å². The topological polar surface area (TPSA) is 46.5 Å². The van der Waals surface area contributed by atoms with Crippen LogP contribution >= 0.6 is 0 Å². The van der Waals surface area contributed by atoms with Crippen LogP contribution in [0, 0.1) is 5.41 Å². The molecular weight excluding hydrogens is 204 g/mol. The van der Waals surface area contributed by atoms with E-state index < -0.39 is 0 Å². The maximum absolute atomic E-state index is 11.2. The summed E-state index contributed by atoms with van der Waals surface area (Å²) in [6, 6.07) is 0. The van der Waals surface area contributed by atoms with E-state index >= 15 is 0 Å². The lowest BCUT2D eigenvalue weighted by Gasteiger charge is -2.17. The second-order valence-corrected chi connectivity index (χ2v) is 5.42. The molecule has 0 aliphatic carbocycles. The molecule has 1 N–H and O–H groups in total. The number of aliphatic hydroxyl groups excluding tert-OH is 1. The Balaban J connectivity index is 3.28. The number of carbonyl (C=O) groups is 1. The molecule has 0 aromatic carbocycles. The highest BCUT2D eigenvalue weighted by Crippen LogP contribution is 2.22. The summed E-state index contributed by atoms with van der Waals surface area (Å²) in [6.07, 6.45) is 5.42. The number of aliphatic hydroxyl groups is 1. The number of hydrogen-bond acceptors (Lipinski definition) is 3. The summed E-state index contributed by atoms with van der Waals surface area (Å²) in [5, 5.41) is 8.51. The standard InChI is InChI=1S/C13H26O3/c1-13(2,3)9-6-4-5-8-12(15)16-11-7-10-14/h14H,4-11H2,1-3H3. The van der Waals surface area contributed by atoms with E-state index in [-0.39, 0.29) is 12.6 Å². The first-order valence-corrected chi connectivity index (χ1v) is 6.22. The minimum Gasteiger partial charge on any atom is -0.466 e. The third-order valence-electron chi connectivity index (χ3n) is 2.37. The van der Waals surface area contributed by atoms with Crippen LogP contribution in [0.4, 0.5) is 0 Å². The van der Waals surface area contributed by atoms with Gasteiger partial charge in [0.1, 0.15) is 0 Å². The minimum atomic E-state index is -0.135. The van der Waals surface area contributed by atoms with Gasteiger partial charge in [-0.1, -0.05) is 33.6 Å².